The molecule has 2 aliphatic rings. The summed E-state index contributed by atoms with van der Waals surface area (Å²) in [6.07, 6.45) is 0. The second kappa shape index (κ2) is 13.9. The van der Waals surface area contributed by atoms with E-state index in [0.29, 0.717) is 0 Å². The maximum absolute atomic E-state index is 2.81. The smallest absolute Gasteiger partial charge is 0.179 e. The van der Waals surface area contributed by atoms with Crippen LogP contribution in [0.1, 0.15) is 22.3 Å². The van der Waals surface area contributed by atoms with Crippen molar-refractivity contribution in [2.45, 2.75) is 5.41 Å². The molecule has 0 atom stereocenters. The quantitative estimate of drug-likeness (QED) is 0.116. The number of hydrogen-bond acceptors (Lipinski definition) is 0. The van der Waals surface area contributed by atoms with E-state index in [-0.39, 0.29) is 5.41 Å². The molecule has 0 N–H and O–H groups in total. The fraction of sp³-hybridized carbons (Fsp3) is 0.0164. The molecule has 294 valence electrons. The first-order valence-electron chi connectivity index (χ1n) is 22.0. The van der Waals surface area contributed by atoms with E-state index in [0.717, 1.165) is 0 Å². The SMILES string of the molecule is c1ccc([Si](c2ccccc2)(c2ccc(-c3ccc4c(c3)C3(c5ccccc5-c5ccccc53)c3ccccc3-4)cc2)c2ccc(-n3c4ccccc4c4ccccc43)cc2)cc1. The number of aromatic nitrogens is 1. The molecule has 0 bridgehead atoms. The second-order valence-corrected chi connectivity index (χ2v) is 20.9. The predicted octanol–water partition coefficient (Wildman–Crippen LogP) is 12.2. The molecule has 1 heterocycles. The van der Waals surface area contributed by atoms with Gasteiger partial charge >= 0.3 is 0 Å². The van der Waals surface area contributed by atoms with Gasteiger partial charge in [-0.15, -0.1) is 0 Å². The van der Waals surface area contributed by atoms with Crippen LogP contribution in [0.25, 0.3) is 60.9 Å². The molecular weight excluding hydrogens is 775 g/mol. The first kappa shape index (κ1) is 35.9. The summed E-state index contributed by atoms with van der Waals surface area (Å²) >= 11 is 0. The molecule has 1 nitrogen and oxygen atoms in total. The van der Waals surface area contributed by atoms with Crippen LogP contribution in [-0.2, 0) is 5.41 Å². The third kappa shape index (κ3) is 4.98. The highest BCUT2D eigenvalue weighted by Gasteiger charge is 2.51. The minimum Gasteiger partial charge on any atom is -0.309 e. The first-order chi connectivity index (χ1) is 31.3. The van der Waals surface area contributed by atoms with Gasteiger partial charge in [0.25, 0.3) is 0 Å². The average molecular weight is 816 g/mol. The standard InChI is InChI=1S/C61H41NSi/c1-3-17-45(18-4-1)63(46-19-5-2-6-20-46,48-38-34-44(35-39-48)62-59-29-15-10-24-53(59)54-25-11-16-30-60(54)62)47-36-31-42(32-37-47)43-33-40-52-51-23-9-14-28-57(51)61(58(52)41-43)55-26-12-7-21-49(55)50-22-8-13-27-56(50)61/h1-41H. The van der Waals surface area contributed by atoms with Crippen molar-refractivity contribution >= 4 is 50.6 Å². The number of nitrogens with zero attached hydrogens (tertiary/aromatic N) is 1. The summed E-state index contributed by atoms with van der Waals surface area (Å²) in [5.74, 6) is 0. The van der Waals surface area contributed by atoms with Gasteiger partial charge in [0.15, 0.2) is 8.07 Å². The van der Waals surface area contributed by atoms with Gasteiger partial charge in [-0.25, -0.2) is 0 Å². The van der Waals surface area contributed by atoms with Gasteiger partial charge in [0, 0.05) is 16.5 Å². The third-order valence-electron chi connectivity index (χ3n) is 14.2. The number of fused-ring (bicyclic) bond motifs is 13. The lowest BCUT2D eigenvalue weighted by atomic mass is 9.70. The van der Waals surface area contributed by atoms with Gasteiger partial charge in [-0.1, -0.05) is 218 Å². The van der Waals surface area contributed by atoms with Crippen LogP contribution in [0.4, 0.5) is 0 Å². The Morgan fingerprint density at radius 1 is 0.286 bits per heavy atom. The topological polar surface area (TPSA) is 4.93 Å². The van der Waals surface area contributed by atoms with E-state index in [9.17, 15) is 0 Å². The highest BCUT2D eigenvalue weighted by molar-refractivity contribution is 7.19. The highest BCUT2D eigenvalue weighted by Crippen LogP contribution is 2.63. The van der Waals surface area contributed by atoms with Crippen molar-refractivity contribution in [3.63, 3.8) is 0 Å². The van der Waals surface area contributed by atoms with E-state index in [2.05, 4.69) is 253 Å². The van der Waals surface area contributed by atoms with Gasteiger partial charge < -0.3 is 4.57 Å². The molecule has 0 radical (unpaired) electrons. The molecule has 0 aliphatic heterocycles. The molecule has 2 aliphatic carbocycles. The summed E-state index contributed by atoms with van der Waals surface area (Å²) in [7, 11) is -2.81. The van der Waals surface area contributed by atoms with Crippen LogP contribution < -0.4 is 20.7 Å². The maximum atomic E-state index is 2.50. The summed E-state index contributed by atoms with van der Waals surface area (Å²) in [6.45, 7) is 0. The highest BCUT2D eigenvalue weighted by atomic mass is 28.3. The zero-order chi connectivity index (χ0) is 41.5. The van der Waals surface area contributed by atoms with Crippen molar-refractivity contribution in [3.8, 4) is 39.1 Å². The Morgan fingerprint density at radius 3 is 1.17 bits per heavy atom. The van der Waals surface area contributed by atoms with Crippen molar-refractivity contribution in [2.75, 3.05) is 0 Å². The fourth-order valence-electron chi connectivity index (χ4n) is 11.6. The molecule has 0 fully saturated rings. The molecule has 0 amide bonds. The van der Waals surface area contributed by atoms with Crippen molar-refractivity contribution in [1.29, 1.82) is 0 Å². The summed E-state index contributed by atoms with van der Waals surface area (Å²) in [4.78, 5) is 0. The van der Waals surface area contributed by atoms with Gasteiger partial charge in [-0.2, -0.15) is 0 Å². The van der Waals surface area contributed by atoms with Gasteiger partial charge in [0.1, 0.15) is 0 Å². The molecule has 2 heteroatoms. The molecule has 63 heavy (non-hydrogen) atoms. The number of para-hydroxylation sites is 2. The fourth-order valence-corrected chi connectivity index (χ4v) is 16.3. The Hall–Kier alpha value is -7.78. The van der Waals surface area contributed by atoms with Gasteiger partial charge in [-0.3, -0.25) is 0 Å². The minimum atomic E-state index is -2.81. The molecule has 1 spiro atoms. The maximum Gasteiger partial charge on any atom is 0.179 e. The van der Waals surface area contributed by atoms with Crippen LogP contribution in [0.2, 0.25) is 0 Å². The van der Waals surface area contributed by atoms with Gasteiger partial charge in [0.2, 0.25) is 0 Å². The van der Waals surface area contributed by atoms with E-state index in [1.54, 1.807) is 0 Å². The van der Waals surface area contributed by atoms with Crippen molar-refractivity contribution in [1.82, 2.24) is 4.57 Å². The van der Waals surface area contributed by atoms with Crippen molar-refractivity contribution in [2.24, 2.45) is 0 Å². The first-order valence-corrected chi connectivity index (χ1v) is 24.0. The molecular formula is C61H41NSi. The lowest BCUT2D eigenvalue weighted by molar-refractivity contribution is 0.794. The molecule has 11 aromatic rings. The number of benzene rings is 10. The second-order valence-electron chi connectivity index (χ2n) is 17.1. The van der Waals surface area contributed by atoms with Crippen LogP contribution in [0.3, 0.4) is 0 Å². The summed E-state index contributed by atoms with van der Waals surface area (Å²) in [6, 6.07) is 93.5. The number of rotatable bonds is 6. The molecule has 1 aromatic heterocycles. The largest absolute Gasteiger partial charge is 0.309 e. The molecule has 10 aromatic carbocycles. The van der Waals surface area contributed by atoms with Crippen LogP contribution in [0.15, 0.2) is 249 Å². The zero-order valence-corrected chi connectivity index (χ0v) is 35.6. The van der Waals surface area contributed by atoms with E-state index in [4.69, 9.17) is 0 Å². The lowest BCUT2D eigenvalue weighted by Gasteiger charge is -2.34. The third-order valence-corrected chi connectivity index (χ3v) is 19.0. The molecule has 0 saturated heterocycles. The van der Waals surface area contributed by atoms with Crippen LogP contribution in [0, 0.1) is 0 Å². The summed E-state index contributed by atoms with van der Waals surface area (Å²) in [5.41, 5.74) is 16.5. The van der Waals surface area contributed by atoms with E-state index in [1.807, 2.05) is 0 Å². The van der Waals surface area contributed by atoms with Crippen molar-refractivity contribution < 1.29 is 0 Å². The van der Waals surface area contributed by atoms with Crippen LogP contribution in [-0.4, -0.2) is 12.6 Å². The van der Waals surface area contributed by atoms with E-state index >= 15 is 0 Å². The van der Waals surface area contributed by atoms with E-state index < -0.39 is 8.07 Å². The van der Waals surface area contributed by atoms with Gasteiger partial charge in [-0.05, 0) is 107 Å². The van der Waals surface area contributed by atoms with Crippen molar-refractivity contribution in [3.05, 3.63) is 271 Å². The Kier molecular flexibility index (Phi) is 7.91. The van der Waals surface area contributed by atoms with Crippen LogP contribution in [0.5, 0.6) is 0 Å². The lowest BCUT2D eigenvalue weighted by Crippen LogP contribution is -2.74. The predicted molar refractivity (Wildman–Crippen MR) is 266 cm³/mol. The number of hydrogen-bond donors (Lipinski definition) is 0. The Labute approximate surface area is 368 Å². The van der Waals surface area contributed by atoms with E-state index in [1.165, 1.54) is 104 Å². The Balaban J connectivity index is 0.978. The summed E-state index contributed by atoms with van der Waals surface area (Å²) in [5, 5.41) is 7.99. The summed E-state index contributed by atoms with van der Waals surface area (Å²) < 4.78 is 2.42. The monoisotopic (exact) mass is 815 g/mol. The Morgan fingerprint density at radius 2 is 0.667 bits per heavy atom. The van der Waals surface area contributed by atoms with Gasteiger partial charge in [0.05, 0.1) is 16.4 Å². The molecule has 0 saturated carbocycles. The molecule has 13 rings (SSSR count). The minimum absolute atomic E-state index is 0.372. The average Bonchev–Trinajstić information content (AvgIpc) is 3.97. The Bertz CT molecular complexity index is 3390. The normalized spacial score (nSPS) is 13.2. The molecule has 0 unspecified atom stereocenters. The van der Waals surface area contributed by atoms with Crippen LogP contribution >= 0.6 is 0 Å². The zero-order valence-electron chi connectivity index (χ0n) is 34.6.